The lowest BCUT2D eigenvalue weighted by molar-refractivity contribution is 0.643. The van der Waals surface area contributed by atoms with Crippen molar-refractivity contribution in [3.05, 3.63) is 22.8 Å². The molecule has 0 aliphatic heterocycles. The van der Waals surface area contributed by atoms with E-state index in [1.807, 2.05) is 31.1 Å². The molecule has 0 aliphatic rings. The first-order chi connectivity index (χ1) is 5.68. The van der Waals surface area contributed by atoms with Gasteiger partial charge in [-0.1, -0.05) is 15.9 Å². The highest BCUT2D eigenvalue weighted by molar-refractivity contribution is 9.10. The quantitative estimate of drug-likeness (QED) is 0.572. The molecule has 0 unspecified atom stereocenters. The first-order valence-corrected chi connectivity index (χ1v) is 4.30. The van der Waals surface area contributed by atoms with Crippen LogP contribution in [0.1, 0.15) is 0 Å². The lowest BCUT2D eigenvalue weighted by Gasteiger charge is -2.01. The molecular weight excluding hydrogens is 218 g/mol. The van der Waals surface area contributed by atoms with Crippen molar-refractivity contribution < 1.29 is 0 Å². The fraction of sp³-hybridized carbons (Fsp3) is 0.250. The van der Waals surface area contributed by atoms with Gasteiger partial charge in [-0.25, -0.2) is 9.98 Å². The molecular formula is C8H10BrN3. The molecule has 1 aromatic heterocycles. The molecule has 0 fully saturated rings. The van der Waals surface area contributed by atoms with E-state index in [4.69, 9.17) is 0 Å². The Labute approximate surface area is 80.3 Å². The number of halogens is 1. The lowest BCUT2D eigenvalue weighted by Crippen LogP contribution is -2.07. The molecule has 3 nitrogen and oxygen atoms in total. The Morgan fingerprint density at radius 3 is 2.92 bits per heavy atom. The molecule has 0 aromatic carbocycles. The minimum Gasteiger partial charge on any atom is -0.369 e. The average Bonchev–Trinajstić information content (AvgIpc) is 2.01. The second-order valence-electron chi connectivity index (χ2n) is 2.54. The summed E-state index contributed by atoms with van der Waals surface area (Å²) in [5.41, 5.74) is 0. The Bertz CT molecular complexity index is 283. The Morgan fingerprint density at radius 1 is 1.58 bits per heavy atom. The van der Waals surface area contributed by atoms with Crippen LogP contribution in [-0.4, -0.2) is 30.3 Å². The summed E-state index contributed by atoms with van der Waals surface area (Å²) in [6, 6.07) is 3.73. The van der Waals surface area contributed by atoms with Gasteiger partial charge in [-0.3, -0.25) is 0 Å². The van der Waals surface area contributed by atoms with Crippen LogP contribution in [0.3, 0.4) is 0 Å². The molecule has 1 aromatic rings. The summed E-state index contributed by atoms with van der Waals surface area (Å²) in [6.45, 7) is 0. The molecule has 4 heteroatoms. The molecule has 64 valence electrons. The molecule has 1 heterocycles. The van der Waals surface area contributed by atoms with Gasteiger partial charge < -0.3 is 4.90 Å². The van der Waals surface area contributed by atoms with Crippen LogP contribution in [0.4, 0.5) is 5.82 Å². The molecule has 0 saturated carbocycles. The van der Waals surface area contributed by atoms with E-state index < -0.39 is 0 Å². The van der Waals surface area contributed by atoms with Gasteiger partial charge in [0, 0.05) is 24.8 Å². The van der Waals surface area contributed by atoms with Crippen molar-refractivity contribution in [2.45, 2.75) is 0 Å². The molecule has 0 amide bonds. The topological polar surface area (TPSA) is 28.5 Å². The minimum atomic E-state index is 0.707. The molecule has 0 saturated heterocycles. The molecule has 0 N–H and O–H groups in total. The van der Waals surface area contributed by atoms with E-state index in [2.05, 4.69) is 25.9 Å². The molecule has 0 atom stereocenters. The third-order valence-corrected chi connectivity index (χ3v) is 1.62. The molecule has 0 radical (unpaired) electrons. The second kappa shape index (κ2) is 4.21. The Balaban J connectivity index is 2.76. The SMILES string of the molecule is CN(C)C=Nc1cc(Br)ccn1. The van der Waals surface area contributed by atoms with Gasteiger partial charge in [0.2, 0.25) is 0 Å². The lowest BCUT2D eigenvalue weighted by atomic mass is 10.5. The van der Waals surface area contributed by atoms with Crippen LogP contribution < -0.4 is 0 Å². The summed E-state index contributed by atoms with van der Waals surface area (Å²) < 4.78 is 0.989. The molecule has 0 spiro atoms. The largest absolute Gasteiger partial charge is 0.369 e. The van der Waals surface area contributed by atoms with Crippen LogP contribution in [0.2, 0.25) is 0 Å². The Hall–Kier alpha value is -0.900. The van der Waals surface area contributed by atoms with Crippen LogP contribution in [0, 0.1) is 0 Å². The minimum absolute atomic E-state index is 0.707. The standard InChI is InChI=1S/C8H10BrN3/c1-12(2)6-11-8-5-7(9)3-4-10-8/h3-6H,1-2H3. The molecule has 0 aliphatic carbocycles. The van der Waals surface area contributed by atoms with Crippen LogP contribution >= 0.6 is 15.9 Å². The monoisotopic (exact) mass is 227 g/mol. The van der Waals surface area contributed by atoms with Gasteiger partial charge in [0.15, 0.2) is 5.82 Å². The smallest absolute Gasteiger partial charge is 0.154 e. The molecule has 0 bridgehead atoms. The van der Waals surface area contributed by atoms with E-state index >= 15 is 0 Å². The summed E-state index contributed by atoms with van der Waals surface area (Å²) >= 11 is 3.34. The zero-order valence-electron chi connectivity index (χ0n) is 7.03. The first kappa shape index (κ1) is 9.19. The van der Waals surface area contributed by atoms with E-state index in [1.54, 1.807) is 12.5 Å². The fourth-order valence-corrected chi connectivity index (χ4v) is 0.962. The van der Waals surface area contributed by atoms with Crippen molar-refractivity contribution in [3.8, 4) is 0 Å². The summed E-state index contributed by atoms with van der Waals surface area (Å²) in [6.07, 6.45) is 3.43. The van der Waals surface area contributed by atoms with E-state index in [0.29, 0.717) is 5.82 Å². The zero-order valence-corrected chi connectivity index (χ0v) is 8.62. The average molecular weight is 228 g/mol. The number of hydrogen-bond acceptors (Lipinski definition) is 2. The van der Waals surface area contributed by atoms with Crippen molar-refractivity contribution in [1.29, 1.82) is 0 Å². The van der Waals surface area contributed by atoms with Gasteiger partial charge in [-0.2, -0.15) is 0 Å². The number of nitrogens with zero attached hydrogens (tertiary/aromatic N) is 3. The Kier molecular flexibility index (Phi) is 3.22. The molecule has 1 rings (SSSR count). The highest BCUT2D eigenvalue weighted by atomic mass is 79.9. The van der Waals surface area contributed by atoms with E-state index in [-0.39, 0.29) is 0 Å². The predicted molar refractivity (Wildman–Crippen MR) is 53.8 cm³/mol. The second-order valence-corrected chi connectivity index (χ2v) is 3.46. The van der Waals surface area contributed by atoms with Crippen molar-refractivity contribution in [3.63, 3.8) is 0 Å². The van der Waals surface area contributed by atoms with Gasteiger partial charge in [0.05, 0.1) is 6.34 Å². The highest BCUT2D eigenvalue weighted by Crippen LogP contribution is 2.14. The summed E-state index contributed by atoms with van der Waals surface area (Å²) in [4.78, 5) is 10.0. The maximum Gasteiger partial charge on any atom is 0.154 e. The Morgan fingerprint density at radius 2 is 2.33 bits per heavy atom. The van der Waals surface area contributed by atoms with Gasteiger partial charge in [0.25, 0.3) is 0 Å². The highest BCUT2D eigenvalue weighted by Gasteiger charge is 1.90. The number of rotatable bonds is 2. The third-order valence-electron chi connectivity index (χ3n) is 1.13. The zero-order chi connectivity index (χ0) is 8.97. The number of aliphatic imine (C=N–C) groups is 1. The van der Waals surface area contributed by atoms with E-state index in [1.165, 1.54) is 0 Å². The maximum atomic E-state index is 4.13. The van der Waals surface area contributed by atoms with E-state index in [9.17, 15) is 0 Å². The maximum absolute atomic E-state index is 4.13. The van der Waals surface area contributed by atoms with Gasteiger partial charge >= 0.3 is 0 Å². The van der Waals surface area contributed by atoms with E-state index in [0.717, 1.165) is 4.47 Å². The summed E-state index contributed by atoms with van der Waals surface area (Å²) in [5, 5.41) is 0. The van der Waals surface area contributed by atoms with Crippen LogP contribution in [-0.2, 0) is 0 Å². The molecule has 12 heavy (non-hydrogen) atoms. The normalized spacial score (nSPS) is 10.6. The van der Waals surface area contributed by atoms with Crippen LogP contribution in [0.5, 0.6) is 0 Å². The number of hydrogen-bond donors (Lipinski definition) is 0. The third kappa shape index (κ3) is 3.00. The van der Waals surface area contributed by atoms with Gasteiger partial charge in [0.1, 0.15) is 0 Å². The van der Waals surface area contributed by atoms with Gasteiger partial charge in [-0.05, 0) is 12.1 Å². The number of pyridine rings is 1. The summed E-state index contributed by atoms with van der Waals surface area (Å²) in [5.74, 6) is 0.707. The first-order valence-electron chi connectivity index (χ1n) is 3.50. The predicted octanol–water partition coefficient (Wildman–Crippen LogP) is 2.07. The number of aromatic nitrogens is 1. The van der Waals surface area contributed by atoms with Crippen molar-refractivity contribution in [2.75, 3.05) is 14.1 Å². The van der Waals surface area contributed by atoms with Crippen molar-refractivity contribution in [1.82, 2.24) is 9.88 Å². The van der Waals surface area contributed by atoms with Crippen molar-refractivity contribution in [2.24, 2.45) is 4.99 Å². The van der Waals surface area contributed by atoms with Crippen LogP contribution in [0.15, 0.2) is 27.8 Å². The summed E-state index contributed by atoms with van der Waals surface area (Å²) in [7, 11) is 3.84. The van der Waals surface area contributed by atoms with Crippen LogP contribution in [0.25, 0.3) is 0 Å². The fourth-order valence-electron chi connectivity index (χ4n) is 0.639. The van der Waals surface area contributed by atoms with Gasteiger partial charge in [-0.15, -0.1) is 0 Å². The van der Waals surface area contributed by atoms with Crippen molar-refractivity contribution >= 4 is 28.1 Å².